The molecule has 1 aliphatic rings. The molecule has 0 saturated heterocycles. The van der Waals surface area contributed by atoms with Gasteiger partial charge in [0.05, 0.1) is 19.7 Å². The van der Waals surface area contributed by atoms with Gasteiger partial charge in [-0.15, -0.1) is 0 Å². The van der Waals surface area contributed by atoms with E-state index in [0.717, 1.165) is 51.1 Å². The number of fused-ring (bicyclic) bond motifs is 6. The zero-order valence-corrected chi connectivity index (χ0v) is 27.0. The highest BCUT2D eigenvalue weighted by Crippen LogP contribution is 2.41. The van der Waals surface area contributed by atoms with E-state index in [-0.39, 0.29) is 11.4 Å². The summed E-state index contributed by atoms with van der Waals surface area (Å²) >= 11 is 0. The number of pyridine rings is 1. The molecular formula is C39H37N3O5. The van der Waals surface area contributed by atoms with E-state index in [1.54, 1.807) is 14.2 Å². The monoisotopic (exact) mass is 627 g/mol. The number of benzene rings is 5. The molecular weight excluding hydrogens is 590 g/mol. The van der Waals surface area contributed by atoms with Crippen LogP contribution in [0.25, 0.3) is 32.4 Å². The molecule has 47 heavy (non-hydrogen) atoms. The topological polar surface area (TPSA) is 82.2 Å². The molecule has 5 aromatic carbocycles. The molecule has 238 valence electrons. The maximum Gasteiger partial charge on any atom is 0.252 e. The van der Waals surface area contributed by atoms with Gasteiger partial charge in [0.15, 0.2) is 17.2 Å². The molecule has 6 aromatic rings. The lowest BCUT2D eigenvalue weighted by Crippen LogP contribution is -2.51. The maximum absolute atomic E-state index is 14.3. The average molecular weight is 628 g/mol. The van der Waals surface area contributed by atoms with E-state index < -0.39 is 0 Å². The Kier molecular flexibility index (Phi) is 8.14. The number of amides is 1. The van der Waals surface area contributed by atoms with Crippen molar-refractivity contribution in [3.8, 4) is 17.2 Å². The Labute approximate surface area is 273 Å². The minimum absolute atomic E-state index is 0.172. The Morgan fingerprint density at radius 1 is 0.809 bits per heavy atom. The van der Waals surface area contributed by atoms with Crippen molar-refractivity contribution in [3.05, 3.63) is 119 Å². The van der Waals surface area contributed by atoms with Crippen molar-refractivity contribution < 1.29 is 24.0 Å². The summed E-state index contributed by atoms with van der Waals surface area (Å²) in [6, 6.07) is 30.6. The Bertz CT molecular complexity index is 2060. The van der Waals surface area contributed by atoms with Gasteiger partial charge in [-0.1, -0.05) is 60.7 Å². The maximum atomic E-state index is 14.3. The van der Waals surface area contributed by atoms with E-state index in [9.17, 15) is 4.79 Å². The number of carbonyl (C=O) groups excluding carboxylic acids is 1. The van der Waals surface area contributed by atoms with E-state index in [0.29, 0.717) is 36.0 Å². The third-order valence-electron chi connectivity index (χ3n) is 9.06. The lowest BCUT2D eigenvalue weighted by Gasteiger charge is -2.39. The number of nitrogens with zero attached hydrogens (tertiary/aromatic N) is 2. The summed E-state index contributed by atoms with van der Waals surface area (Å²) in [6.45, 7) is 6.62. The van der Waals surface area contributed by atoms with Crippen LogP contribution in [0.4, 0.5) is 0 Å². The first-order valence-corrected chi connectivity index (χ1v) is 15.7. The van der Waals surface area contributed by atoms with Crippen LogP contribution in [-0.4, -0.2) is 42.1 Å². The fourth-order valence-corrected chi connectivity index (χ4v) is 6.33. The summed E-state index contributed by atoms with van der Waals surface area (Å²) < 4.78 is 11.3. The third-order valence-corrected chi connectivity index (χ3v) is 9.06. The summed E-state index contributed by atoms with van der Waals surface area (Å²) in [5, 5.41) is 7.62. The highest BCUT2D eigenvalue weighted by Gasteiger charge is 2.29. The molecule has 8 nitrogen and oxygen atoms in total. The van der Waals surface area contributed by atoms with Crippen molar-refractivity contribution in [2.45, 2.75) is 39.1 Å². The van der Waals surface area contributed by atoms with Crippen molar-refractivity contribution in [2.75, 3.05) is 20.8 Å². The van der Waals surface area contributed by atoms with Gasteiger partial charge in [-0.3, -0.25) is 14.7 Å². The van der Waals surface area contributed by atoms with Gasteiger partial charge in [0.25, 0.3) is 5.91 Å². The van der Waals surface area contributed by atoms with E-state index >= 15 is 0 Å². The molecule has 0 unspecified atom stereocenters. The van der Waals surface area contributed by atoms with Crippen LogP contribution in [0.15, 0.2) is 97.2 Å². The van der Waals surface area contributed by atoms with Crippen LogP contribution in [0.3, 0.4) is 0 Å². The summed E-state index contributed by atoms with van der Waals surface area (Å²) in [5.41, 5.74) is 4.28. The molecule has 2 heterocycles. The molecule has 0 fully saturated rings. The van der Waals surface area contributed by atoms with Gasteiger partial charge in [0.2, 0.25) is 0 Å². The molecule has 7 rings (SSSR count). The van der Waals surface area contributed by atoms with Crippen LogP contribution in [0.2, 0.25) is 0 Å². The minimum Gasteiger partial charge on any atom is -0.493 e. The molecule has 0 saturated carbocycles. The summed E-state index contributed by atoms with van der Waals surface area (Å²) in [4.78, 5) is 32.0. The first-order chi connectivity index (χ1) is 22.8. The number of rotatable bonds is 10. The Hall–Kier alpha value is -5.18. The fourth-order valence-electron chi connectivity index (χ4n) is 6.33. The number of carbonyl (C=O) groups is 1. The normalized spacial score (nSPS) is 12.8. The number of methoxy groups -OCH3 is 2. The summed E-state index contributed by atoms with van der Waals surface area (Å²) in [6.07, 6.45) is 1.84. The Morgan fingerprint density at radius 2 is 1.43 bits per heavy atom. The van der Waals surface area contributed by atoms with Crippen molar-refractivity contribution in [1.82, 2.24) is 15.2 Å². The van der Waals surface area contributed by atoms with Gasteiger partial charge in [-0.2, -0.15) is 4.89 Å². The second-order valence-corrected chi connectivity index (χ2v) is 12.5. The number of hydrogen-bond donors (Lipinski definition) is 1. The van der Waals surface area contributed by atoms with Gasteiger partial charge in [-0.25, -0.2) is 0 Å². The average Bonchev–Trinajstić information content (AvgIpc) is 3.56. The molecule has 0 atom stereocenters. The highest BCUT2D eigenvalue weighted by molar-refractivity contribution is 6.22. The largest absolute Gasteiger partial charge is 0.493 e. The van der Waals surface area contributed by atoms with Gasteiger partial charge in [0.1, 0.15) is 6.61 Å². The third kappa shape index (κ3) is 5.93. The standard InChI is InChI=1S/C39H37N3O5/c1-39(2,42(21-25-11-7-5-8-12-25)22-26-13-9-6-10-14-26)24-41-38(43)32-16-28-31-15-27-23-46-47-35(27)19-34(31)40-20-33(28)30-18-37(45-4)36(44-3)17-29(30)32/h5-20H,21-24H2,1-4H3,(H,41,43). The highest BCUT2D eigenvalue weighted by atomic mass is 17.2. The first-order valence-electron chi connectivity index (χ1n) is 15.7. The second-order valence-electron chi connectivity index (χ2n) is 12.5. The first kappa shape index (κ1) is 30.5. The SMILES string of the molecule is COc1cc2c(C(=O)NCC(C)(C)N(Cc3ccccc3)Cc3ccccc3)cc3c4cc5c(cc4ncc3c2cc1OC)OOC5. The number of ether oxygens (including phenoxy) is 2. The minimum atomic E-state index is -0.383. The van der Waals surface area contributed by atoms with E-state index in [4.69, 9.17) is 24.2 Å². The van der Waals surface area contributed by atoms with E-state index in [2.05, 4.69) is 72.6 Å². The van der Waals surface area contributed by atoms with Crippen LogP contribution in [0, 0.1) is 0 Å². The van der Waals surface area contributed by atoms with Crippen molar-refractivity contribution in [1.29, 1.82) is 0 Å². The molecule has 1 aliphatic heterocycles. The Balaban J connectivity index is 1.28. The Morgan fingerprint density at radius 3 is 2.06 bits per heavy atom. The fraction of sp³-hybridized carbons (Fsp3) is 0.231. The van der Waals surface area contributed by atoms with E-state index in [1.165, 1.54) is 11.1 Å². The summed E-state index contributed by atoms with van der Waals surface area (Å²) in [5.74, 6) is 1.61. The van der Waals surface area contributed by atoms with Crippen molar-refractivity contribution in [2.24, 2.45) is 0 Å². The zero-order valence-electron chi connectivity index (χ0n) is 27.0. The van der Waals surface area contributed by atoms with Gasteiger partial charge in [-0.05, 0) is 65.4 Å². The quantitative estimate of drug-likeness (QED) is 0.124. The van der Waals surface area contributed by atoms with Crippen LogP contribution >= 0.6 is 0 Å². The van der Waals surface area contributed by atoms with Crippen LogP contribution < -0.4 is 19.7 Å². The molecule has 0 radical (unpaired) electrons. The summed E-state index contributed by atoms with van der Waals surface area (Å²) in [7, 11) is 3.21. The van der Waals surface area contributed by atoms with Gasteiger partial charge in [0, 0.05) is 59.3 Å². The van der Waals surface area contributed by atoms with Crippen molar-refractivity contribution in [3.63, 3.8) is 0 Å². The molecule has 1 aromatic heterocycles. The molecule has 0 bridgehead atoms. The van der Waals surface area contributed by atoms with Crippen molar-refractivity contribution >= 4 is 38.4 Å². The van der Waals surface area contributed by atoms with Crippen LogP contribution in [0.1, 0.15) is 40.9 Å². The van der Waals surface area contributed by atoms with Crippen LogP contribution in [-0.2, 0) is 24.6 Å². The molecule has 0 aliphatic carbocycles. The predicted molar refractivity (Wildman–Crippen MR) is 184 cm³/mol. The zero-order chi connectivity index (χ0) is 32.5. The molecule has 1 amide bonds. The van der Waals surface area contributed by atoms with Gasteiger partial charge < -0.3 is 19.7 Å². The number of aromatic nitrogens is 1. The second kappa shape index (κ2) is 12.5. The smallest absolute Gasteiger partial charge is 0.252 e. The number of nitrogens with one attached hydrogen (secondary N) is 1. The predicted octanol–water partition coefficient (Wildman–Crippen LogP) is 7.59. The van der Waals surface area contributed by atoms with E-state index in [1.807, 2.05) is 48.7 Å². The number of hydrogen-bond acceptors (Lipinski definition) is 7. The lowest BCUT2D eigenvalue weighted by atomic mass is 9.94. The molecule has 1 N–H and O–H groups in total. The lowest BCUT2D eigenvalue weighted by molar-refractivity contribution is -0.194. The van der Waals surface area contributed by atoms with Gasteiger partial charge >= 0.3 is 0 Å². The molecule has 8 heteroatoms. The van der Waals surface area contributed by atoms with Crippen LogP contribution in [0.5, 0.6) is 17.2 Å². The molecule has 0 spiro atoms.